The Morgan fingerprint density at radius 1 is 1.00 bits per heavy atom. The Hall–Kier alpha value is -1.76. The van der Waals surface area contributed by atoms with Gasteiger partial charge in [0, 0.05) is 0 Å². The minimum atomic E-state index is 0.357. The number of rotatable bonds is 2. The molecule has 2 aromatic rings. The highest BCUT2D eigenvalue weighted by Crippen LogP contribution is 2.31. The van der Waals surface area contributed by atoms with Gasteiger partial charge < -0.3 is 5.11 Å². The zero-order chi connectivity index (χ0) is 12.4. The van der Waals surface area contributed by atoms with Crippen molar-refractivity contribution in [1.82, 2.24) is 0 Å². The van der Waals surface area contributed by atoms with Crippen LogP contribution in [0.1, 0.15) is 30.9 Å². The van der Waals surface area contributed by atoms with Gasteiger partial charge in [0.1, 0.15) is 5.75 Å². The molecule has 0 unspecified atom stereocenters. The summed E-state index contributed by atoms with van der Waals surface area (Å²) in [6.45, 7) is 6.33. The number of phenols is 1. The van der Waals surface area contributed by atoms with Crippen molar-refractivity contribution in [1.29, 1.82) is 0 Å². The third kappa shape index (κ3) is 2.33. The Morgan fingerprint density at radius 2 is 1.71 bits per heavy atom. The van der Waals surface area contributed by atoms with Crippen molar-refractivity contribution in [2.45, 2.75) is 26.7 Å². The van der Waals surface area contributed by atoms with Crippen molar-refractivity contribution in [3.05, 3.63) is 53.6 Å². The SMILES string of the molecule is Cc1cc(-c2ccccc2C(C)C)ccc1O. The molecule has 2 rings (SSSR count). The number of benzene rings is 2. The number of aryl methyl sites for hydroxylation is 1. The van der Waals surface area contributed by atoms with Crippen molar-refractivity contribution < 1.29 is 5.11 Å². The van der Waals surface area contributed by atoms with Crippen LogP contribution < -0.4 is 0 Å². The topological polar surface area (TPSA) is 20.2 Å². The van der Waals surface area contributed by atoms with E-state index in [1.54, 1.807) is 6.07 Å². The van der Waals surface area contributed by atoms with E-state index in [2.05, 4.69) is 38.1 Å². The summed E-state index contributed by atoms with van der Waals surface area (Å²) in [6.07, 6.45) is 0. The van der Waals surface area contributed by atoms with Gasteiger partial charge in [-0.1, -0.05) is 44.2 Å². The first kappa shape index (κ1) is 11.7. The molecule has 0 saturated carbocycles. The Labute approximate surface area is 103 Å². The third-order valence-corrected chi connectivity index (χ3v) is 3.09. The van der Waals surface area contributed by atoms with Gasteiger partial charge in [-0.3, -0.25) is 0 Å². The molecular weight excluding hydrogens is 208 g/mol. The van der Waals surface area contributed by atoms with Crippen LogP contribution in [0.2, 0.25) is 0 Å². The van der Waals surface area contributed by atoms with Gasteiger partial charge in [0.2, 0.25) is 0 Å². The molecule has 0 fully saturated rings. The largest absolute Gasteiger partial charge is 0.508 e. The molecule has 0 aliphatic rings. The van der Waals surface area contributed by atoms with Crippen LogP contribution in [-0.2, 0) is 0 Å². The van der Waals surface area contributed by atoms with E-state index in [9.17, 15) is 5.11 Å². The van der Waals surface area contributed by atoms with Crippen molar-refractivity contribution in [3.63, 3.8) is 0 Å². The number of hydrogen-bond donors (Lipinski definition) is 1. The summed E-state index contributed by atoms with van der Waals surface area (Å²) < 4.78 is 0. The Kier molecular flexibility index (Phi) is 3.19. The second kappa shape index (κ2) is 4.62. The monoisotopic (exact) mass is 226 g/mol. The fourth-order valence-corrected chi connectivity index (χ4v) is 2.09. The molecular formula is C16H18O. The molecule has 0 spiro atoms. The lowest BCUT2D eigenvalue weighted by atomic mass is 9.92. The Morgan fingerprint density at radius 3 is 2.35 bits per heavy atom. The van der Waals surface area contributed by atoms with Crippen LogP contribution in [-0.4, -0.2) is 5.11 Å². The standard InChI is InChI=1S/C16H18O/c1-11(2)14-6-4-5-7-15(14)13-8-9-16(17)12(3)10-13/h4-11,17H,1-3H3. The Balaban J connectivity index is 2.56. The van der Waals surface area contributed by atoms with Crippen molar-refractivity contribution >= 4 is 0 Å². The molecule has 0 heterocycles. The molecule has 0 aliphatic carbocycles. The van der Waals surface area contributed by atoms with Crippen LogP contribution in [0.25, 0.3) is 11.1 Å². The van der Waals surface area contributed by atoms with Gasteiger partial charge in [0.25, 0.3) is 0 Å². The van der Waals surface area contributed by atoms with Crippen LogP contribution in [0.5, 0.6) is 5.75 Å². The molecule has 17 heavy (non-hydrogen) atoms. The lowest BCUT2D eigenvalue weighted by Gasteiger charge is -2.13. The van der Waals surface area contributed by atoms with Gasteiger partial charge in [-0.15, -0.1) is 0 Å². The van der Waals surface area contributed by atoms with E-state index in [-0.39, 0.29) is 0 Å². The van der Waals surface area contributed by atoms with E-state index in [1.807, 2.05) is 19.1 Å². The van der Waals surface area contributed by atoms with Crippen LogP contribution in [0.15, 0.2) is 42.5 Å². The van der Waals surface area contributed by atoms with E-state index in [4.69, 9.17) is 0 Å². The molecule has 88 valence electrons. The highest BCUT2D eigenvalue weighted by Gasteiger charge is 2.08. The summed E-state index contributed by atoms with van der Waals surface area (Å²) >= 11 is 0. The van der Waals surface area contributed by atoms with Crippen LogP contribution >= 0.6 is 0 Å². The van der Waals surface area contributed by atoms with Crippen LogP contribution in [0, 0.1) is 6.92 Å². The second-order valence-corrected chi connectivity index (χ2v) is 4.74. The first-order chi connectivity index (χ1) is 8.09. The molecule has 1 heteroatoms. The van der Waals surface area contributed by atoms with Gasteiger partial charge in [0.15, 0.2) is 0 Å². The third-order valence-electron chi connectivity index (χ3n) is 3.09. The molecule has 1 N–H and O–H groups in total. The zero-order valence-electron chi connectivity index (χ0n) is 10.6. The van der Waals surface area contributed by atoms with E-state index in [0.717, 1.165) is 5.56 Å². The molecule has 0 radical (unpaired) electrons. The van der Waals surface area contributed by atoms with E-state index < -0.39 is 0 Å². The molecule has 0 amide bonds. The molecule has 1 nitrogen and oxygen atoms in total. The maximum absolute atomic E-state index is 9.57. The molecule has 0 atom stereocenters. The average molecular weight is 226 g/mol. The molecule has 0 saturated heterocycles. The van der Waals surface area contributed by atoms with E-state index in [1.165, 1.54) is 16.7 Å². The van der Waals surface area contributed by atoms with Crippen molar-refractivity contribution in [3.8, 4) is 16.9 Å². The van der Waals surface area contributed by atoms with E-state index >= 15 is 0 Å². The normalized spacial score (nSPS) is 10.8. The quantitative estimate of drug-likeness (QED) is 0.799. The van der Waals surface area contributed by atoms with Gasteiger partial charge in [-0.05, 0) is 47.2 Å². The smallest absolute Gasteiger partial charge is 0.118 e. The Bertz CT molecular complexity index is 527. The number of phenolic OH excluding ortho intramolecular Hbond substituents is 1. The fourth-order valence-electron chi connectivity index (χ4n) is 2.09. The maximum atomic E-state index is 9.57. The molecule has 2 aromatic carbocycles. The van der Waals surface area contributed by atoms with Crippen LogP contribution in [0.3, 0.4) is 0 Å². The van der Waals surface area contributed by atoms with Crippen LogP contribution in [0.4, 0.5) is 0 Å². The lowest BCUT2D eigenvalue weighted by Crippen LogP contribution is -1.92. The predicted octanol–water partition coefficient (Wildman–Crippen LogP) is 4.49. The first-order valence-electron chi connectivity index (χ1n) is 5.98. The average Bonchev–Trinajstić information content (AvgIpc) is 2.32. The summed E-state index contributed by atoms with van der Waals surface area (Å²) in [5.74, 6) is 0.857. The maximum Gasteiger partial charge on any atom is 0.118 e. The highest BCUT2D eigenvalue weighted by atomic mass is 16.3. The summed E-state index contributed by atoms with van der Waals surface area (Å²) in [7, 11) is 0. The lowest BCUT2D eigenvalue weighted by molar-refractivity contribution is 0.471. The second-order valence-electron chi connectivity index (χ2n) is 4.74. The number of aromatic hydroxyl groups is 1. The summed E-state index contributed by atoms with van der Waals surface area (Å²) in [5, 5.41) is 9.57. The van der Waals surface area contributed by atoms with Crippen molar-refractivity contribution in [2.24, 2.45) is 0 Å². The zero-order valence-corrected chi connectivity index (χ0v) is 10.6. The minimum Gasteiger partial charge on any atom is -0.508 e. The fraction of sp³-hybridized carbons (Fsp3) is 0.250. The highest BCUT2D eigenvalue weighted by molar-refractivity contribution is 5.69. The molecule has 0 aromatic heterocycles. The predicted molar refractivity (Wildman–Crippen MR) is 72.4 cm³/mol. The van der Waals surface area contributed by atoms with Gasteiger partial charge >= 0.3 is 0 Å². The summed E-state index contributed by atoms with van der Waals surface area (Å²) in [5.41, 5.74) is 4.69. The molecule has 0 aliphatic heterocycles. The summed E-state index contributed by atoms with van der Waals surface area (Å²) in [4.78, 5) is 0. The van der Waals surface area contributed by atoms with Gasteiger partial charge in [-0.25, -0.2) is 0 Å². The number of hydrogen-bond acceptors (Lipinski definition) is 1. The van der Waals surface area contributed by atoms with Gasteiger partial charge in [-0.2, -0.15) is 0 Å². The molecule has 0 bridgehead atoms. The van der Waals surface area contributed by atoms with Crippen molar-refractivity contribution in [2.75, 3.05) is 0 Å². The minimum absolute atomic E-state index is 0.357. The summed E-state index contributed by atoms with van der Waals surface area (Å²) in [6, 6.07) is 14.2. The van der Waals surface area contributed by atoms with Gasteiger partial charge in [0.05, 0.1) is 0 Å². The van der Waals surface area contributed by atoms with E-state index in [0.29, 0.717) is 11.7 Å². The first-order valence-corrected chi connectivity index (χ1v) is 5.98.